The third-order valence-electron chi connectivity index (χ3n) is 3.23. The maximum Gasteiger partial charge on any atom is 0.208 e. The zero-order valence-electron chi connectivity index (χ0n) is 13.7. The van der Waals surface area contributed by atoms with Gasteiger partial charge in [0.05, 0.1) is 0 Å². The molecule has 1 aromatic carbocycles. The molecule has 0 aliphatic heterocycles. The van der Waals surface area contributed by atoms with Crippen molar-refractivity contribution in [2.24, 2.45) is 0 Å². The second-order valence-electron chi connectivity index (χ2n) is 6.56. The van der Waals surface area contributed by atoms with Crippen LogP contribution >= 0.6 is 11.3 Å². The Balaban J connectivity index is 2.12. The summed E-state index contributed by atoms with van der Waals surface area (Å²) in [7, 11) is 6.18. The predicted octanol–water partition coefficient (Wildman–Crippen LogP) is 3.54. The highest BCUT2D eigenvalue weighted by molar-refractivity contribution is 7.15. The molecule has 1 heterocycles. The fourth-order valence-corrected chi connectivity index (χ4v) is 2.81. The molecule has 0 saturated carbocycles. The van der Waals surface area contributed by atoms with Gasteiger partial charge in [-0.1, -0.05) is 44.2 Å². The van der Waals surface area contributed by atoms with Gasteiger partial charge < -0.3 is 9.80 Å². The molecule has 0 amide bonds. The molecule has 0 aliphatic rings. The van der Waals surface area contributed by atoms with Gasteiger partial charge in [0.2, 0.25) is 5.13 Å². The molecule has 0 radical (unpaired) electrons. The molecule has 0 unspecified atom stereocenters. The van der Waals surface area contributed by atoms with Crippen molar-refractivity contribution in [1.29, 1.82) is 0 Å². The van der Waals surface area contributed by atoms with E-state index < -0.39 is 0 Å². The number of hydrogen-bond donors (Lipinski definition) is 0. The van der Waals surface area contributed by atoms with Gasteiger partial charge in [-0.3, -0.25) is 0 Å². The second-order valence-corrected chi connectivity index (χ2v) is 7.52. The van der Waals surface area contributed by atoms with E-state index in [0.29, 0.717) is 0 Å². The smallest absolute Gasteiger partial charge is 0.208 e. The number of benzene rings is 1. The van der Waals surface area contributed by atoms with Crippen LogP contribution in [0.5, 0.6) is 0 Å². The van der Waals surface area contributed by atoms with Gasteiger partial charge in [-0.05, 0) is 17.7 Å². The van der Waals surface area contributed by atoms with Crippen LogP contribution in [-0.2, 0) is 12.0 Å². The highest BCUT2D eigenvalue weighted by atomic mass is 32.1. The second kappa shape index (κ2) is 6.02. The van der Waals surface area contributed by atoms with Gasteiger partial charge in [-0.25, -0.2) is 0 Å². The van der Waals surface area contributed by atoms with E-state index in [1.807, 2.05) is 0 Å². The van der Waals surface area contributed by atoms with E-state index in [0.717, 1.165) is 16.7 Å². The van der Waals surface area contributed by atoms with Crippen LogP contribution in [0.15, 0.2) is 24.3 Å². The van der Waals surface area contributed by atoms with Gasteiger partial charge in [-0.15, -0.1) is 10.2 Å². The van der Waals surface area contributed by atoms with Gasteiger partial charge >= 0.3 is 0 Å². The molecular formula is C16H24N4S. The minimum Gasteiger partial charge on any atom is -0.378 e. The lowest BCUT2D eigenvalue weighted by atomic mass is 9.98. The Bertz CT molecular complexity index is 598. The van der Waals surface area contributed by atoms with Gasteiger partial charge in [0.15, 0.2) is 0 Å². The van der Waals surface area contributed by atoms with Crippen molar-refractivity contribution in [1.82, 2.24) is 10.2 Å². The first kappa shape index (κ1) is 15.8. The van der Waals surface area contributed by atoms with E-state index in [4.69, 9.17) is 0 Å². The Labute approximate surface area is 131 Å². The minimum atomic E-state index is 0.0571. The topological polar surface area (TPSA) is 32.3 Å². The van der Waals surface area contributed by atoms with Crippen molar-refractivity contribution in [3.05, 3.63) is 34.8 Å². The first-order valence-corrected chi connectivity index (χ1v) is 7.90. The molecule has 0 aliphatic carbocycles. The van der Waals surface area contributed by atoms with E-state index in [1.54, 1.807) is 11.3 Å². The number of hydrogen-bond acceptors (Lipinski definition) is 5. The molecule has 2 rings (SSSR count). The summed E-state index contributed by atoms with van der Waals surface area (Å²) in [6.07, 6.45) is 0. The van der Waals surface area contributed by atoms with Crippen molar-refractivity contribution in [3.8, 4) is 0 Å². The number of rotatable bonds is 4. The van der Waals surface area contributed by atoms with Gasteiger partial charge in [0, 0.05) is 38.8 Å². The van der Waals surface area contributed by atoms with E-state index in [1.165, 1.54) is 11.3 Å². The fourth-order valence-electron chi connectivity index (χ4n) is 1.95. The average molecular weight is 304 g/mol. The average Bonchev–Trinajstić information content (AvgIpc) is 2.88. The van der Waals surface area contributed by atoms with Crippen LogP contribution in [0.2, 0.25) is 0 Å². The summed E-state index contributed by atoms with van der Waals surface area (Å²) in [5.41, 5.74) is 2.55. The third-order valence-corrected chi connectivity index (χ3v) is 4.69. The van der Waals surface area contributed by atoms with Crippen LogP contribution in [0.1, 0.15) is 31.3 Å². The van der Waals surface area contributed by atoms with Crippen molar-refractivity contribution < 1.29 is 0 Å². The van der Waals surface area contributed by atoms with E-state index in [2.05, 4.69) is 86.2 Å². The quantitative estimate of drug-likeness (QED) is 0.865. The van der Waals surface area contributed by atoms with Crippen molar-refractivity contribution >= 4 is 22.2 Å². The van der Waals surface area contributed by atoms with Crippen LogP contribution in [-0.4, -0.2) is 31.3 Å². The lowest BCUT2D eigenvalue weighted by molar-refractivity contribution is 0.578. The molecule has 0 saturated heterocycles. The number of anilines is 2. The minimum absolute atomic E-state index is 0.0571. The molecule has 5 heteroatoms. The summed E-state index contributed by atoms with van der Waals surface area (Å²) < 4.78 is 0. The highest BCUT2D eigenvalue weighted by Gasteiger charge is 2.20. The standard InChI is InChI=1S/C16H24N4S/c1-16(2,3)14-17-18-15(21-14)20(6)11-12-8-7-9-13(10-12)19(4)5/h7-10H,11H2,1-6H3. The maximum absolute atomic E-state index is 4.32. The van der Waals surface area contributed by atoms with E-state index >= 15 is 0 Å². The summed E-state index contributed by atoms with van der Waals surface area (Å²) in [4.78, 5) is 4.27. The Morgan fingerprint density at radius 1 is 1.10 bits per heavy atom. The summed E-state index contributed by atoms with van der Waals surface area (Å²) >= 11 is 1.67. The molecule has 0 N–H and O–H groups in total. The van der Waals surface area contributed by atoms with E-state index in [-0.39, 0.29) is 5.41 Å². The number of nitrogens with zero attached hydrogens (tertiary/aromatic N) is 4. The molecular weight excluding hydrogens is 280 g/mol. The molecule has 4 nitrogen and oxygen atoms in total. The van der Waals surface area contributed by atoms with Crippen molar-refractivity contribution in [3.63, 3.8) is 0 Å². The summed E-state index contributed by atoms with van der Waals surface area (Å²) in [6, 6.07) is 8.57. The zero-order chi connectivity index (χ0) is 15.6. The van der Waals surface area contributed by atoms with Crippen LogP contribution in [0, 0.1) is 0 Å². The van der Waals surface area contributed by atoms with Crippen LogP contribution in [0.4, 0.5) is 10.8 Å². The molecule has 21 heavy (non-hydrogen) atoms. The molecule has 1 aromatic heterocycles. The normalized spacial score (nSPS) is 11.5. The SMILES string of the molecule is CN(C)c1cccc(CN(C)c2nnc(C(C)(C)C)s2)c1. The van der Waals surface area contributed by atoms with Gasteiger partial charge in [0.1, 0.15) is 5.01 Å². The summed E-state index contributed by atoms with van der Waals surface area (Å²) in [6.45, 7) is 7.33. The van der Waals surface area contributed by atoms with Crippen LogP contribution < -0.4 is 9.80 Å². The molecule has 0 fully saturated rings. The summed E-state index contributed by atoms with van der Waals surface area (Å²) in [5.74, 6) is 0. The van der Waals surface area contributed by atoms with Gasteiger partial charge in [-0.2, -0.15) is 0 Å². The van der Waals surface area contributed by atoms with Crippen molar-refractivity contribution in [2.75, 3.05) is 30.9 Å². The fraction of sp³-hybridized carbons (Fsp3) is 0.500. The van der Waals surface area contributed by atoms with Crippen molar-refractivity contribution in [2.45, 2.75) is 32.7 Å². The Morgan fingerprint density at radius 2 is 1.81 bits per heavy atom. The predicted molar refractivity (Wildman–Crippen MR) is 91.5 cm³/mol. The molecule has 114 valence electrons. The Kier molecular flexibility index (Phi) is 4.52. The largest absolute Gasteiger partial charge is 0.378 e. The lowest BCUT2D eigenvalue weighted by Crippen LogP contribution is -2.16. The first-order chi connectivity index (χ1) is 9.77. The van der Waals surface area contributed by atoms with Crippen LogP contribution in [0.25, 0.3) is 0 Å². The summed E-state index contributed by atoms with van der Waals surface area (Å²) in [5, 5.41) is 10.7. The number of aromatic nitrogens is 2. The van der Waals surface area contributed by atoms with Crippen LogP contribution in [0.3, 0.4) is 0 Å². The van der Waals surface area contributed by atoms with Gasteiger partial charge in [0.25, 0.3) is 0 Å². The Morgan fingerprint density at radius 3 is 2.38 bits per heavy atom. The Hall–Kier alpha value is -1.62. The van der Waals surface area contributed by atoms with E-state index in [9.17, 15) is 0 Å². The highest BCUT2D eigenvalue weighted by Crippen LogP contribution is 2.30. The molecule has 0 bridgehead atoms. The maximum atomic E-state index is 4.32. The monoisotopic (exact) mass is 304 g/mol. The molecule has 0 spiro atoms. The first-order valence-electron chi connectivity index (χ1n) is 7.09. The lowest BCUT2D eigenvalue weighted by Gasteiger charge is -2.18. The zero-order valence-corrected chi connectivity index (χ0v) is 14.5. The third kappa shape index (κ3) is 3.94. The molecule has 2 aromatic rings. The molecule has 0 atom stereocenters.